The van der Waals surface area contributed by atoms with E-state index in [-0.39, 0.29) is 29.8 Å². The molecule has 6 nitrogen and oxygen atoms in total. The lowest BCUT2D eigenvalue weighted by Gasteiger charge is -2.48. The highest BCUT2D eigenvalue weighted by molar-refractivity contribution is 7.09. The Morgan fingerprint density at radius 3 is 2.75 bits per heavy atom. The molecule has 174 valence electrons. The molecular formula is C25H34N2O4S. The number of hydrogen-bond acceptors (Lipinski definition) is 6. The first-order valence-electron chi connectivity index (χ1n) is 11.6. The Bertz CT molecular complexity index is 907. The molecule has 0 saturated carbocycles. The molecule has 0 bridgehead atoms. The Morgan fingerprint density at radius 1 is 1.34 bits per heavy atom. The molecule has 3 heterocycles. The van der Waals surface area contributed by atoms with E-state index in [0.29, 0.717) is 25.3 Å². The average molecular weight is 459 g/mol. The Labute approximate surface area is 194 Å². The normalized spacial score (nSPS) is 23.0. The number of hydrogen-bond donors (Lipinski definition) is 0. The summed E-state index contributed by atoms with van der Waals surface area (Å²) in [4.78, 5) is 20.5. The molecule has 2 unspecified atom stereocenters. The van der Waals surface area contributed by atoms with E-state index >= 15 is 0 Å². The third kappa shape index (κ3) is 5.16. The van der Waals surface area contributed by atoms with Crippen LogP contribution in [0.15, 0.2) is 29.9 Å². The summed E-state index contributed by atoms with van der Waals surface area (Å²) in [5, 5.41) is 0. The molecule has 4 rings (SSSR count). The van der Waals surface area contributed by atoms with Crippen LogP contribution >= 0.6 is 11.3 Å². The molecule has 1 aromatic heterocycles. The first-order chi connectivity index (χ1) is 15.4. The SMILES string of the molecule is CCOC1CC(c2cncs2)OC2(CCN(C(=O)c3ccc(OC(C)C)c(C)c3)CC2)C1. The number of thiazole rings is 1. The maximum absolute atomic E-state index is 13.2. The third-order valence-corrected chi connectivity index (χ3v) is 7.25. The van der Waals surface area contributed by atoms with Crippen molar-refractivity contribution in [3.05, 3.63) is 45.9 Å². The van der Waals surface area contributed by atoms with Gasteiger partial charge in [0.2, 0.25) is 0 Å². The van der Waals surface area contributed by atoms with Crippen LogP contribution in [0.4, 0.5) is 0 Å². The van der Waals surface area contributed by atoms with Gasteiger partial charge < -0.3 is 19.1 Å². The Hall–Kier alpha value is -1.96. The molecule has 2 aromatic rings. The van der Waals surface area contributed by atoms with Crippen LogP contribution < -0.4 is 4.74 Å². The minimum Gasteiger partial charge on any atom is -0.491 e. The van der Waals surface area contributed by atoms with Crippen LogP contribution in [0.2, 0.25) is 0 Å². The van der Waals surface area contributed by atoms with Crippen molar-refractivity contribution in [2.24, 2.45) is 0 Å². The number of carbonyl (C=O) groups is 1. The Balaban J connectivity index is 1.43. The lowest BCUT2D eigenvalue weighted by Crippen LogP contribution is -2.52. The fourth-order valence-electron chi connectivity index (χ4n) is 4.85. The summed E-state index contributed by atoms with van der Waals surface area (Å²) < 4.78 is 18.5. The maximum atomic E-state index is 13.2. The number of carbonyl (C=O) groups excluding carboxylic acids is 1. The van der Waals surface area contributed by atoms with Crippen molar-refractivity contribution >= 4 is 17.2 Å². The maximum Gasteiger partial charge on any atom is 0.253 e. The van der Waals surface area contributed by atoms with E-state index in [0.717, 1.165) is 41.9 Å². The highest BCUT2D eigenvalue weighted by atomic mass is 32.1. The summed E-state index contributed by atoms with van der Waals surface area (Å²) in [6, 6.07) is 5.72. The van der Waals surface area contributed by atoms with Crippen LogP contribution in [0.1, 0.15) is 73.4 Å². The number of aromatic nitrogens is 1. The number of benzene rings is 1. The molecule has 2 aliphatic rings. The quantitative estimate of drug-likeness (QED) is 0.598. The summed E-state index contributed by atoms with van der Waals surface area (Å²) >= 11 is 1.64. The smallest absolute Gasteiger partial charge is 0.253 e. The van der Waals surface area contributed by atoms with Gasteiger partial charge in [0.05, 0.1) is 34.3 Å². The number of ether oxygens (including phenoxy) is 3. The lowest BCUT2D eigenvalue weighted by atomic mass is 9.81. The molecule has 7 heteroatoms. The van der Waals surface area contributed by atoms with Gasteiger partial charge in [-0.25, -0.2) is 0 Å². The van der Waals surface area contributed by atoms with Gasteiger partial charge in [-0.1, -0.05) is 0 Å². The molecule has 0 radical (unpaired) electrons. The van der Waals surface area contributed by atoms with Crippen molar-refractivity contribution in [2.75, 3.05) is 19.7 Å². The summed E-state index contributed by atoms with van der Waals surface area (Å²) in [5.74, 6) is 0.913. The minimum atomic E-state index is -0.242. The Kier molecular flexibility index (Phi) is 7.17. The van der Waals surface area contributed by atoms with Gasteiger partial charge >= 0.3 is 0 Å². The van der Waals surface area contributed by atoms with E-state index in [4.69, 9.17) is 14.2 Å². The van der Waals surface area contributed by atoms with Crippen LogP contribution in [0.25, 0.3) is 0 Å². The van der Waals surface area contributed by atoms with Crippen LogP contribution in [-0.4, -0.2) is 53.3 Å². The number of nitrogens with zero attached hydrogens (tertiary/aromatic N) is 2. The van der Waals surface area contributed by atoms with Crippen LogP contribution in [-0.2, 0) is 9.47 Å². The zero-order valence-electron chi connectivity index (χ0n) is 19.5. The van der Waals surface area contributed by atoms with E-state index in [2.05, 4.69) is 4.98 Å². The molecule has 0 aliphatic carbocycles. The largest absolute Gasteiger partial charge is 0.491 e. The summed E-state index contributed by atoms with van der Waals surface area (Å²) in [6.07, 6.45) is 5.62. The van der Waals surface area contributed by atoms with E-state index < -0.39 is 0 Å². The molecule has 32 heavy (non-hydrogen) atoms. The second-order valence-corrected chi connectivity index (χ2v) is 10.1. The monoisotopic (exact) mass is 458 g/mol. The van der Waals surface area contributed by atoms with Crippen LogP contribution in [0.5, 0.6) is 5.75 Å². The summed E-state index contributed by atoms with van der Waals surface area (Å²) in [7, 11) is 0. The molecule has 0 N–H and O–H groups in total. The first kappa shape index (κ1) is 23.2. The minimum absolute atomic E-state index is 0.0196. The average Bonchev–Trinajstić information content (AvgIpc) is 3.30. The van der Waals surface area contributed by atoms with Crippen LogP contribution in [0.3, 0.4) is 0 Å². The van der Waals surface area contributed by atoms with Crippen molar-refractivity contribution in [2.45, 2.75) is 77.3 Å². The summed E-state index contributed by atoms with van der Waals surface area (Å²) in [6.45, 7) is 10.1. The van der Waals surface area contributed by atoms with Crippen molar-refractivity contribution in [1.29, 1.82) is 0 Å². The molecule has 1 aromatic carbocycles. The number of likely N-dealkylation sites (tertiary alicyclic amines) is 1. The van der Waals surface area contributed by atoms with Crippen molar-refractivity contribution in [1.82, 2.24) is 9.88 Å². The molecule has 2 fully saturated rings. The number of amides is 1. The van der Waals surface area contributed by atoms with E-state index in [1.54, 1.807) is 11.3 Å². The predicted molar refractivity (Wildman–Crippen MR) is 125 cm³/mol. The number of rotatable bonds is 6. The second-order valence-electron chi connectivity index (χ2n) is 9.15. The van der Waals surface area contributed by atoms with E-state index in [9.17, 15) is 4.79 Å². The highest BCUT2D eigenvalue weighted by Gasteiger charge is 2.45. The van der Waals surface area contributed by atoms with Gasteiger partial charge in [-0.15, -0.1) is 11.3 Å². The van der Waals surface area contributed by atoms with Crippen molar-refractivity contribution in [3.63, 3.8) is 0 Å². The van der Waals surface area contributed by atoms with Crippen molar-refractivity contribution in [3.8, 4) is 5.75 Å². The molecule has 2 saturated heterocycles. The fourth-order valence-corrected chi connectivity index (χ4v) is 5.51. The first-order valence-corrected chi connectivity index (χ1v) is 12.5. The number of piperidine rings is 1. The standard InChI is InChI=1S/C25H34N2O4S/c1-5-29-20-13-22(23-15-26-16-32-23)31-25(14-20)8-10-27(11-9-25)24(28)19-6-7-21(18(4)12-19)30-17(2)3/h6-7,12,15-17,20,22H,5,8-11,13-14H2,1-4H3. The Morgan fingerprint density at radius 2 is 2.12 bits per heavy atom. The zero-order valence-corrected chi connectivity index (χ0v) is 20.3. The van der Waals surface area contributed by atoms with E-state index in [1.807, 2.05) is 62.5 Å². The molecular weight excluding hydrogens is 424 g/mol. The van der Waals surface area contributed by atoms with Gasteiger partial charge in [0.25, 0.3) is 5.91 Å². The zero-order chi connectivity index (χ0) is 22.7. The van der Waals surface area contributed by atoms with Gasteiger partial charge in [-0.05, 0) is 64.3 Å². The molecule has 2 atom stereocenters. The fraction of sp³-hybridized carbons (Fsp3) is 0.600. The van der Waals surface area contributed by atoms with Gasteiger partial charge in [-0.3, -0.25) is 9.78 Å². The van der Waals surface area contributed by atoms with Gasteiger partial charge in [0, 0.05) is 44.3 Å². The van der Waals surface area contributed by atoms with E-state index in [1.165, 1.54) is 0 Å². The number of aryl methyl sites for hydroxylation is 1. The third-order valence-electron chi connectivity index (χ3n) is 6.39. The van der Waals surface area contributed by atoms with Gasteiger partial charge in [0.1, 0.15) is 5.75 Å². The highest BCUT2D eigenvalue weighted by Crippen LogP contribution is 2.44. The van der Waals surface area contributed by atoms with Gasteiger partial charge in [0.15, 0.2) is 0 Å². The molecule has 2 aliphatic heterocycles. The van der Waals surface area contributed by atoms with Gasteiger partial charge in [-0.2, -0.15) is 0 Å². The van der Waals surface area contributed by atoms with Crippen LogP contribution in [0, 0.1) is 6.92 Å². The topological polar surface area (TPSA) is 60.9 Å². The van der Waals surface area contributed by atoms with Crippen molar-refractivity contribution < 1.29 is 19.0 Å². The molecule has 1 spiro atoms. The molecule has 1 amide bonds. The predicted octanol–water partition coefficient (Wildman–Crippen LogP) is 5.17. The second kappa shape index (κ2) is 9.89. The summed E-state index contributed by atoms with van der Waals surface area (Å²) in [5.41, 5.74) is 3.32. The lowest BCUT2D eigenvalue weighted by molar-refractivity contribution is -0.189.